The smallest absolute Gasteiger partial charge is 0.319 e. The highest BCUT2D eigenvalue weighted by molar-refractivity contribution is 7.00. The zero-order valence-electron chi connectivity index (χ0n) is 28.3. The lowest BCUT2D eigenvalue weighted by Crippen LogP contribution is -2.68. The predicted octanol–water partition coefficient (Wildman–Crippen LogP) is 11.4. The molecule has 0 heterocycles. The minimum atomic E-state index is -2.58. The number of aryl methyl sites for hydroxylation is 1. The van der Waals surface area contributed by atoms with E-state index in [1.165, 1.54) is 119 Å². The number of rotatable bonds is 22. The van der Waals surface area contributed by atoms with E-state index in [1.807, 2.05) is 0 Å². The predicted molar refractivity (Wildman–Crippen MR) is 196 cm³/mol. The van der Waals surface area contributed by atoms with Crippen LogP contribution in [0.15, 0.2) is 84.9 Å². The summed E-state index contributed by atoms with van der Waals surface area (Å²) < 4.78 is 7.17. The van der Waals surface area contributed by atoms with Crippen LogP contribution in [0.25, 0.3) is 0 Å². The van der Waals surface area contributed by atoms with Crippen LogP contribution in [0.3, 0.4) is 0 Å². The highest BCUT2D eigenvalue weighted by Crippen LogP contribution is 2.37. The van der Waals surface area contributed by atoms with E-state index in [0.29, 0.717) is 0 Å². The first-order valence-corrected chi connectivity index (χ1v) is 19.7. The third-order valence-electron chi connectivity index (χ3n) is 9.15. The molecule has 0 atom stereocenters. The third-order valence-corrected chi connectivity index (χ3v) is 14.1. The lowest BCUT2D eigenvalue weighted by atomic mass is 10.0. The quantitative estimate of drug-likeness (QED) is 0.0626. The van der Waals surface area contributed by atoms with Gasteiger partial charge in [-0.3, -0.25) is 0 Å². The summed E-state index contributed by atoms with van der Waals surface area (Å²) in [6, 6.07) is 30.8. The van der Waals surface area contributed by atoms with Gasteiger partial charge in [0.2, 0.25) is 0 Å². The average Bonchev–Trinajstić information content (AvgIpc) is 3.04. The molecule has 0 radical (unpaired) electrons. The normalized spacial score (nSPS) is 11.8. The van der Waals surface area contributed by atoms with Gasteiger partial charge in [-0.25, -0.2) is 0 Å². The Bertz CT molecular complexity index is 1130. The Kier molecular flexibility index (Phi) is 16.5. The van der Waals surface area contributed by atoms with E-state index in [0.717, 1.165) is 18.6 Å². The van der Waals surface area contributed by atoms with Gasteiger partial charge >= 0.3 is 8.32 Å². The molecular weight excluding hydrogens is 549 g/mol. The zero-order chi connectivity index (χ0) is 31.4. The summed E-state index contributed by atoms with van der Waals surface area (Å²) in [5.74, 6) is 3.72. The Balaban J connectivity index is 1.32. The van der Waals surface area contributed by atoms with Gasteiger partial charge in [-0.15, -0.1) is 12.3 Å². The van der Waals surface area contributed by atoms with Gasteiger partial charge in [-0.1, -0.05) is 183 Å². The van der Waals surface area contributed by atoms with Gasteiger partial charge in [0.15, 0.2) is 0 Å². The van der Waals surface area contributed by atoms with Crippen LogP contribution in [0.4, 0.5) is 0 Å². The van der Waals surface area contributed by atoms with Crippen LogP contribution in [0.2, 0.25) is 5.04 Å². The van der Waals surface area contributed by atoms with Crippen molar-refractivity contribution in [3.8, 4) is 18.1 Å². The Labute approximate surface area is 272 Å². The summed E-state index contributed by atoms with van der Waals surface area (Å²) in [6.07, 6.45) is 29.5. The summed E-state index contributed by atoms with van der Waals surface area (Å²) in [5, 5.41) is 2.60. The first-order chi connectivity index (χ1) is 21.5. The first-order valence-electron chi connectivity index (χ1n) is 17.8. The van der Waals surface area contributed by atoms with Crippen molar-refractivity contribution in [1.29, 1.82) is 0 Å². The van der Waals surface area contributed by atoms with E-state index in [4.69, 9.17) is 10.8 Å². The molecule has 0 saturated heterocycles. The topological polar surface area (TPSA) is 9.23 Å². The maximum atomic E-state index is 7.17. The van der Waals surface area contributed by atoms with Gasteiger partial charge in [0.05, 0.1) is 0 Å². The van der Waals surface area contributed by atoms with Gasteiger partial charge < -0.3 is 4.43 Å². The second-order valence-corrected chi connectivity index (χ2v) is 18.0. The fourth-order valence-corrected chi connectivity index (χ4v) is 11.0. The van der Waals surface area contributed by atoms with E-state index in [1.54, 1.807) is 0 Å². The molecule has 0 aliphatic heterocycles. The van der Waals surface area contributed by atoms with Crippen molar-refractivity contribution in [3.05, 3.63) is 90.5 Å². The number of hydrogen-bond donors (Lipinski definition) is 0. The van der Waals surface area contributed by atoms with Crippen molar-refractivity contribution in [2.45, 2.75) is 141 Å². The molecule has 0 fully saturated rings. The molecule has 3 aromatic carbocycles. The lowest BCUT2D eigenvalue weighted by Gasteiger charge is -2.43. The summed E-state index contributed by atoms with van der Waals surface area (Å²) in [7, 11) is -2.58. The van der Waals surface area contributed by atoms with E-state index in [-0.39, 0.29) is 5.04 Å². The fraction of sp³-hybridized carbons (Fsp3) is 0.524. The van der Waals surface area contributed by atoms with E-state index in [9.17, 15) is 0 Å². The number of terminal acetylenes is 1. The molecule has 0 spiro atoms. The molecule has 44 heavy (non-hydrogen) atoms. The number of benzene rings is 3. The second kappa shape index (κ2) is 20.3. The van der Waals surface area contributed by atoms with Crippen molar-refractivity contribution in [1.82, 2.24) is 0 Å². The van der Waals surface area contributed by atoms with Gasteiger partial charge in [-0.2, -0.15) is 0 Å². The Hall–Kier alpha value is -2.76. The molecule has 0 aromatic heterocycles. The SMILES string of the molecule is C#CCCCCCCCCCCCCCCCCCCc1ccc(O[Si](c2ccccc2)(c2ccccc2)C(C)(C)C)cc1. The molecule has 0 aliphatic rings. The molecule has 1 nitrogen and oxygen atoms in total. The minimum absolute atomic E-state index is 0.0307. The van der Waals surface area contributed by atoms with Crippen LogP contribution >= 0.6 is 0 Å². The molecular formula is C42H60OSi. The van der Waals surface area contributed by atoms with Crippen LogP contribution in [0, 0.1) is 12.3 Å². The second-order valence-electron chi connectivity index (χ2n) is 13.8. The monoisotopic (exact) mass is 608 g/mol. The molecule has 0 bridgehead atoms. The maximum absolute atomic E-state index is 7.17. The number of unbranched alkanes of at least 4 members (excludes halogenated alkanes) is 16. The molecule has 0 amide bonds. The first kappa shape index (κ1) is 35.7. The molecule has 238 valence electrons. The fourth-order valence-electron chi connectivity index (χ4n) is 6.58. The van der Waals surface area contributed by atoms with Gasteiger partial charge in [0.1, 0.15) is 5.75 Å². The van der Waals surface area contributed by atoms with Gasteiger partial charge in [-0.05, 0) is 52.4 Å². The van der Waals surface area contributed by atoms with Crippen molar-refractivity contribution in [3.63, 3.8) is 0 Å². The van der Waals surface area contributed by atoms with Crippen LogP contribution < -0.4 is 14.8 Å². The Morgan fingerprint density at radius 3 is 1.30 bits per heavy atom. The molecule has 2 heteroatoms. The number of hydrogen-bond acceptors (Lipinski definition) is 1. The summed E-state index contributed by atoms with van der Waals surface area (Å²) in [6.45, 7) is 7.01. The highest BCUT2D eigenvalue weighted by atomic mass is 28.4. The highest BCUT2D eigenvalue weighted by Gasteiger charge is 2.52. The lowest BCUT2D eigenvalue weighted by molar-refractivity contribution is 0.508. The molecule has 0 unspecified atom stereocenters. The van der Waals surface area contributed by atoms with Crippen molar-refractivity contribution in [2.75, 3.05) is 0 Å². The van der Waals surface area contributed by atoms with Crippen molar-refractivity contribution >= 4 is 18.7 Å². The summed E-state index contributed by atoms with van der Waals surface area (Å²) >= 11 is 0. The van der Waals surface area contributed by atoms with Crippen LogP contribution in [-0.2, 0) is 6.42 Å². The van der Waals surface area contributed by atoms with Crippen LogP contribution in [0.5, 0.6) is 5.75 Å². The summed E-state index contributed by atoms with van der Waals surface area (Å²) in [4.78, 5) is 0. The Morgan fingerprint density at radius 1 is 0.523 bits per heavy atom. The average molecular weight is 609 g/mol. The minimum Gasteiger partial charge on any atom is -0.534 e. The van der Waals surface area contributed by atoms with Crippen molar-refractivity contribution in [2.24, 2.45) is 0 Å². The van der Waals surface area contributed by atoms with E-state index >= 15 is 0 Å². The van der Waals surface area contributed by atoms with Gasteiger partial charge in [0, 0.05) is 6.42 Å². The van der Waals surface area contributed by atoms with Crippen molar-refractivity contribution < 1.29 is 4.43 Å². The molecule has 0 saturated carbocycles. The van der Waals surface area contributed by atoms with Crippen LogP contribution in [0.1, 0.15) is 135 Å². The maximum Gasteiger partial charge on any atom is 0.319 e. The van der Waals surface area contributed by atoms with E-state index in [2.05, 4.69) is 112 Å². The Morgan fingerprint density at radius 2 is 0.909 bits per heavy atom. The molecule has 3 aromatic rings. The zero-order valence-corrected chi connectivity index (χ0v) is 29.3. The standard InChI is InChI=1S/C42H60OSi/c1-5-6-7-8-9-10-11-12-13-14-15-16-17-18-19-20-21-24-29-38-34-36-39(37-35-38)43-44(42(2,3)4,40-30-25-22-26-31-40)41-32-27-23-28-33-41/h1,22-23,25-28,30-37H,6-21,24,29H2,2-4H3. The van der Waals surface area contributed by atoms with Gasteiger partial charge in [0.25, 0.3) is 0 Å². The van der Waals surface area contributed by atoms with E-state index < -0.39 is 8.32 Å². The summed E-state index contributed by atoms with van der Waals surface area (Å²) in [5.41, 5.74) is 1.42. The third kappa shape index (κ3) is 12.0. The molecule has 0 N–H and O–H groups in total. The van der Waals surface area contributed by atoms with Crippen LogP contribution in [-0.4, -0.2) is 8.32 Å². The largest absolute Gasteiger partial charge is 0.534 e. The molecule has 0 aliphatic carbocycles. The molecule has 3 rings (SSSR count).